The summed E-state index contributed by atoms with van der Waals surface area (Å²) in [6.45, 7) is 2.09. The van der Waals surface area contributed by atoms with Crippen LogP contribution in [0.2, 0.25) is 0 Å². The maximum atomic E-state index is 9.68. The van der Waals surface area contributed by atoms with Gasteiger partial charge in [0.05, 0.1) is 7.11 Å². The van der Waals surface area contributed by atoms with Crippen LogP contribution in [0.4, 0.5) is 0 Å². The van der Waals surface area contributed by atoms with Crippen molar-refractivity contribution in [1.29, 1.82) is 0 Å². The Labute approximate surface area is 97.8 Å². The Morgan fingerprint density at radius 2 is 2.13 bits per heavy atom. The van der Waals surface area contributed by atoms with Crippen molar-refractivity contribution in [2.45, 2.75) is 19.8 Å². The second-order valence-electron chi connectivity index (χ2n) is 3.34. The molecular weight excluding hydrogens is 260 g/mol. The van der Waals surface area contributed by atoms with Crippen molar-refractivity contribution >= 4 is 15.9 Å². The Morgan fingerprint density at radius 3 is 2.67 bits per heavy atom. The SMILES string of the molecule is COc1c(O)cc(Br)c(C)c1CCCO. The molecule has 1 aromatic rings. The average molecular weight is 275 g/mol. The molecule has 0 aromatic heterocycles. The zero-order chi connectivity index (χ0) is 11.4. The van der Waals surface area contributed by atoms with Gasteiger partial charge >= 0.3 is 0 Å². The second-order valence-corrected chi connectivity index (χ2v) is 4.20. The normalized spacial score (nSPS) is 10.4. The van der Waals surface area contributed by atoms with Gasteiger partial charge in [0, 0.05) is 16.6 Å². The van der Waals surface area contributed by atoms with Crippen molar-refractivity contribution in [1.82, 2.24) is 0 Å². The maximum absolute atomic E-state index is 9.68. The van der Waals surface area contributed by atoms with Crippen LogP contribution in [-0.2, 0) is 6.42 Å². The van der Waals surface area contributed by atoms with E-state index in [1.54, 1.807) is 6.07 Å². The van der Waals surface area contributed by atoms with Crippen molar-refractivity contribution in [2.75, 3.05) is 13.7 Å². The fourth-order valence-electron chi connectivity index (χ4n) is 1.55. The molecule has 2 N–H and O–H groups in total. The molecule has 0 atom stereocenters. The van der Waals surface area contributed by atoms with E-state index in [4.69, 9.17) is 9.84 Å². The fraction of sp³-hybridized carbons (Fsp3) is 0.455. The molecule has 84 valence electrons. The molecule has 0 unspecified atom stereocenters. The van der Waals surface area contributed by atoms with E-state index in [2.05, 4.69) is 15.9 Å². The van der Waals surface area contributed by atoms with Crippen LogP contribution in [-0.4, -0.2) is 23.9 Å². The number of phenolic OH excluding ortho intramolecular Hbond substituents is 1. The summed E-state index contributed by atoms with van der Waals surface area (Å²) < 4.78 is 6.01. The third kappa shape index (κ3) is 2.63. The van der Waals surface area contributed by atoms with Crippen molar-refractivity contribution in [3.63, 3.8) is 0 Å². The third-order valence-electron chi connectivity index (χ3n) is 2.37. The lowest BCUT2D eigenvalue weighted by Gasteiger charge is -2.14. The summed E-state index contributed by atoms with van der Waals surface area (Å²) in [5.74, 6) is 0.632. The number of hydrogen-bond acceptors (Lipinski definition) is 3. The first-order chi connectivity index (χ1) is 7.11. The standard InChI is InChI=1S/C11H15BrO3/c1-7-8(4-3-5-13)11(15-2)10(14)6-9(7)12/h6,13-14H,3-5H2,1-2H3. The largest absolute Gasteiger partial charge is 0.504 e. The number of benzene rings is 1. The van der Waals surface area contributed by atoms with Crippen LogP contribution >= 0.6 is 15.9 Å². The summed E-state index contributed by atoms with van der Waals surface area (Å²) >= 11 is 3.37. The van der Waals surface area contributed by atoms with Gasteiger partial charge in [-0.25, -0.2) is 0 Å². The number of aliphatic hydroxyl groups is 1. The Morgan fingerprint density at radius 1 is 1.47 bits per heavy atom. The van der Waals surface area contributed by atoms with Crippen LogP contribution < -0.4 is 4.74 Å². The highest BCUT2D eigenvalue weighted by Crippen LogP contribution is 2.37. The maximum Gasteiger partial charge on any atom is 0.164 e. The minimum atomic E-state index is 0.128. The zero-order valence-corrected chi connectivity index (χ0v) is 10.5. The molecule has 0 fully saturated rings. The molecule has 0 heterocycles. The Hall–Kier alpha value is -0.740. The summed E-state index contributed by atoms with van der Waals surface area (Å²) in [7, 11) is 1.53. The quantitative estimate of drug-likeness (QED) is 0.887. The number of hydrogen-bond donors (Lipinski definition) is 2. The number of halogens is 1. The average Bonchev–Trinajstić information content (AvgIpc) is 2.21. The van der Waals surface area contributed by atoms with Crippen LogP contribution in [0, 0.1) is 6.92 Å². The number of phenols is 1. The molecule has 0 aliphatic rings. The van der Waals surface area contributed by atoms with Gasteiger partial charge in [-0.1, -0.05) is 15.9 Å². The molecule has 0 amide bonds. The van der Waals surface area contributed by atoms with E-state index in [1.807, 2.05) is 6.92 Å². The molecule has 4 heteroatoms. The molecule has 0 bridgehead atoms. The lowest BCUT2D eigenvalue weighted by Crippen LogP contribution is -1.98. The number of rotatable bonds is 4. The van der Waals surface area contributed by atoms with Crippen molar-refractivity contribution < 1.29 is 14.9 Å². The van der Waals surface area contributed by atoms with Crippen LogP contribution in [0.15, 0.2) is 10.5 Å². The summed E-state index contributed by atoms with van der Waals surface area (Å²) in [6.07, 6.45) is 1.35. The number of aliphatic hydroxyl groups excluding tert-OH is 1. The Kier molecular flexibility index (Phi) is 4.42. The predicted octanol–water partition coefficient (Wildman–Crippen LogP) is 2.40. The van der Waals surface area contributed by atoms with Crippen molar-refractivity contribution in [2.24, 2.45) is 0 Å². The highest BCUT2D eigenvalue weighted by molar-refractivity contribution is 9.10. The van der Waals surface area contributed by atoms with Gasteiger partial charge < -0.3 is 14.9 Å². The first kappa shape index (κ1) is 12.3. The molecule has 0 saturated heterocycles. The van der Waals surface area contributed by atoms with E-state index in [-0.39, 0.29) is 12.4 Å². The van der Waals surface area contributed by atoms with E-state index < -0.39 is 0 Å². The van der Waals surface area contributed by atoms with Crippen LogP contribution in [0.3, 0.4) is 0 Å². The fourth-order valence-corrected chi connectivity index (χ4v) is 2.00. The third-order valence-corrected chi connectivity index (χ3v) is 3.19. The summed E-state index contributed by atoms with van der Waals surface area (Å²) in [5, 5.41) is 18.5. The lowest BCUT2D eigenvalue weighted by molar-refractivity contribution is 0.287. The first-order valence-electron chi connectivity index (χ1n) is 4.77. The van der Waals surface area contributed by atoms with Gasteiger partial charge in [0.15, 0.2) is 11.5 Å². The molecule has 0 aliphatic carbocycles. The monoisotopic (exact) mass is 274 g/mol. The van der Waals surface area contributed by atoms with Gasteiger partial charge in [0.1, 0.15) is 0 Å². The number of ether oxygens (including phenoxy) is 1. The second kappa shape index (κ2) is 5.37. The molecule has 0 spiro atoms. The van der Waals surface area contributed by atoms with Crippen LogP contribution in [0.1, 0.15) is 17.5 Å². The summed E-state index contributed by atoms with van der Waals surface area (Å²) in [4.78, 5) is 0. The summed E-state index contributed by atoms with van der Waals surface area (Å²) in [5.41, 5.74) is 1.98. The minimum Gasteiger partial charge on any atom is -0.504 e. The molecule has 0 radical (unpaired) electrons. The molecule has 0 aliphatic heterocycles. The Balaban J connectivity index is 3.18. The number of methoxy groups -OCH3 is 1. The molecule has 0 saturated carbocycles. The summed E-state index contributed by atoms with van der Waals surface area (Å²) in [6, 6.07) is 1.62. The number of aromatic hydroxyl groups is 1. The van der Waals surface area contributed by atoms with Crippen molar-refractivity contribution in [3.05, 3.63) is 21.7 Å². The Bertz CT molecular complexity index is 350. The van der Waals surface area contributed by atoms with Gasteiger partial charge in [0.2, 0.25) is 0 Å². The van der Waals surface area contributed by atoms with E-state index in [1.165, 1.54) is 7.11 Å². The topological polar surface area (TPSA) is 49.7 Å². The van der Waals surface area contributed by atoms with Gasteiger partial charge in [-0.15, -0.1) is 0 Å². The minimum absolute atomic E-state index is 0.128. The predicted molar refractivity (Wildman–Crippen MR) is 62.5 cm³/mol. The van der Waals surface area contributed by atoms with Gasteiger partial charge in [-0.05, 0) is 31.4 Å². The van der Waals surface area contributed by atoms with Crippen molar-refractivity contribution in [3.8, 4) is 11.5 Å². The van der Waals surface area contributed by atoms with Crippen LogP contribution in [0.5, 0.6) is 11.5 Å². The molecule has 3 nitrogen and oxygen atoms in total. The van der Waals surface area contributed by atoms with Crippen LogP contribution in [0.25, 0.3) is 0 Å². The molecule has 15 heavy (non-hydrogen) atoms. The van der Waals surface area contributed by atoms with Gasteiger partial charge in [0.25, 0.3) is 0 Å². The highest BCUT2D eigenvalue weighted by atomic mass is 79.9. The molecular formula is C11H15BrO3. The van der Waals surface area contributed by atoms with Gasteiger partial charge in [-0.3, -0.25) is 0 Å². The van der Waals surface area contributed by atoms with E-state index in [0.717, 1.165) is 15.6 Å². The van der Waals surface area contributed by atoms with E-state index >= 15 is 0 Å². The van der Waals surface area contributed by atoms with Gasteiger partial charge in [-0.2, -0.15) is 0 Å². The first-order valence-corrected chi connectivity index (χ1v) is 5.57. The lowest BCUT2D eigenvalue weighted by atomic mass is 10.0. The zero-order valence-electron chi connectivity index (χ0n) is 8.88. The highest BCUT2D eigenvalue weighted by Gasteiger charge is 2.14. The van der Waals surface area contributed by atoms with E-state index in [9.17, 15) is 5.11 Å². The van der Waals surface area contributed by atoms with E-state index in [0.29, 0.717) is 18.6 Å². The smallest absolute Gasteiger partial charge is 0.164 e. The molecule has 1 aromatic carbocycles. The molecule has 1 rings (SSSR count).